The number of nitrogens with two attached hydrogens (primary N) is 1. The Morgan fingerprint density at radius 1 is 1.19 bits per heavy atom. The number of benzene rings is 1. The molecule has 0 aliphatic carbocycles. The van der Waals surface area contributed by atoms with E-state index in [4.69, 9.17) is 5.73 Å². The maximum absolute atomic E-state index is 12.0. The summed E-state index contributed by atoms with van der Waals surface area (Å²) >= 11 is 0. The van der Waals surface area contributed by atoms with Crippen molar-refractivity contribution in [3.63, 3.8) is 0 Å². The fraction of sp³-hybridized carbons (Fsp3) is 0.350. The van der Waals surface area contributed by atoms with Crippen molar-refractivity contribution in [3.8, 4) is 0 Å². The molecule has 1 aromatic heterocycles. The van der Waals surface area contributed by atoms with Crippen molar-refractivity contribution < 1.29 is 4.79 Å². The van der Waals surface area contributed by atoms with Crippen molar-refractivity contribution in [1.29, 1.82) is 0 Å². The number of hydrogen-bond acceptors (Lipinski definition) is 5. The van der Waals surface area contributed by atoms with E-state index in [1.807, 2.05) is 18.2 Å². The number of carbonyl (C=O) groups excluding carboxylic acids is 1. The summed E-state index contributed by atoms with van der Waals surface area (Å²) in [5, 5.41) is 4.03. The monoisotopic (exact) mass is 353 g/mol. The molecule has 1 amide bonds. The molecule has 0 aliphatic rings. The van der Waals surface area contributed by atoms with E-state index in [9.17, 15) is 4.79 Å². The van der Waals surface area contributed by atoms with Crippen LogP contribution in [0.15, 0.2) is 47.8 Å². The molecule has 2 aromatic rings. The first kappa shape index (κ1) is 19.6. The van der Waals surface area contributed by atoms with Gasteiger partial charge in [-0.1, -0.05) is 32.0 Å². The predicted octanol–water partition coefficient (Wildman–Crippen LogP) is 3.05. The number of para-hydroxylation sites is 1. The molecular formula is C20H27N5O. The number of nitrogens with zero attached hydrogens (tertiary/aromatic N) is 3. The van der Waals surface area contributed by atoms with Crippen LogP contribution in [-0.2, 0) is 6.54 Å². The minimum Gasteiger partial charge on any atom is -0.398 e. The highest BCUT2D eigenvalue weighted by Crippen LogP contribution is 2.18. The highest BCUT2D eigenvalue weighted by atomic mass is 16.2. The van der Waals surface area contributed by atoms with E-state index in [1.54, 1.807) is 30.7 Å². The number of hydrazone groups is 1. The summed E-state index contributed by atoms with van der Waals surface area (Å²) in [6.07, 6.45) is 6.95. The molecule has 0 atom stereocenters. The third-order valence-corrected chi connectivity index (χ3v) is 4.02. The Bertz CT molecular complexity index is 724. The third-order valence-electron chi connectivity index (χ3n) is 4.02. The summed E-state index contributed by atoms with van der Waals surface area (Å²) in [5.74, 6) is -0.282. The molecule has 0 fully saturated rings. The second-order valence-electron chi connectivity index (χ2n) is 6.13. The van der Waals surface area contributed by atoms with Gasteiger partial charge in [-0.2, -0.15) is 5.10 Å². The molecule has 6 heteroatoms. The molecule has 138 valence electrons. The molecule has 0 bridgehead atoms. The van der Waals surface area contributed by atoms with E-state index in [-0.39, 0.29) is 5.91 Å². The lowest BCUT2D eigenvalue weighted by Crippen LogP contribution is -2.25. The molecule has 6 nitrogen and oxygen atoms in total. The van der Waals surface area contributed by atoms with E-state index < -0.39 is 0 Å². The maximum atomic E-state index is 12.0. The SMILES string of the molecule is CCCN(CCC)Cc1cccc(/C=N/NC(=O)c2ccncc2)c1N. The van der Waals surface area contributed by atoms with Crippen LogP contribution in [0.5, 0.6) is 0 Å². The van der Waals surface area contributed by atoms with Gasteiger partial charge in [0.2, 0.25) is 0 Å². The van der Waals surface area contributed by atoms with Crippen molar-refractivity contribution in [3.05, 3.63) is 59.4 Å². The van der Waals surface area contributed by atoms with Gasteiger partial charge >= 0.3 is 0 Å². The van der Waals surface area contributed by atoms with Gasteiger partial charge in [0, 0.05) is 35.8 Å². The predicted molar refractivity (Wildman–Crippen MR) is 106 cm³/mol. The first-order valence-corrected chi connectivity index (χ1v) is 8.98. The van der Waals surface area contributed by atoms with E-state index in [0.29, 0.717) is 11.3 Å². The van der Waals surface area contributed by atoms with Crippen LogP contribution in [0.2, 0.25) is 0 Å². The molecule has 1 aromatic carbocycles. The summed E-state index contributed by atoms with van der Waals surface area (Å²) in [7, 11) is 0. The summed E-state index contributed by atoms with van der Waals surface area (Å²) in [5.41, 5.74) is 11.9. The van der Waals surface area contributed by atoms with E-state index in [2.05, 4.69) is 34.3 Å². The van der Waals surface area contributed by atoms with E-state index in [0.717, 1.165) is 43.6 Å². The molecule has 0 aliphatic heterocycles. The second kappa shape index (κ2) is 10.3. The molecular weight excluding hydrogens is 326 g/mol. The van der Waals surface area contributed by atoms with Crippen LogP contribution in [0.1, 0.15) is 48.2 Å². The average molecular weight is 353 g/mol. The lowest BCUT2D eigenvalue weighted by atomic mass is 10.1. The van der Waals surface area contributed by atoms with Crippen molar-refractivity contribution in [2.45, 2.75) is 33.2 Å². The number of anilines is 1. The van der Waals surface area contributed by atoms with Crippen molar-refractivity contribution in [2.24, 2.45) is 5.10 Å². The maximum Gasteiger partial charge on any atom is 0.271 e. The van der Waals surface area contributed by atoms with Crippen LogP contribution in [0, 0.1) is 0 Å². The fourth-order valence-electron chi connectivity index (χ4n) is 2.75. The Labute approximate surface area is 155 Å². The molecule has 0 unspecified atom stereocenters. The van der Waals surface area contributed by atoms with Gasteiger partial charge in [0.05, 0.1) is 6.21 Å². The zero-order valence-electron chi connectivity index (χ0n) is 15.5. The Morgan fingerprint density at radius 3 is 2.54 bits per heavy atom. The summed E-state index contributed by atoms with van der Waals surface area (Å²) in [6, 6.07) is 9.17. The average Bonchev–Trinajstić information content (AvgIpc) is 2.65. The molecule has 0 saturated carbocycles. The van der Waals surface area contributed by atoms with Gasteiger partial charge < -0.3 is 5.73 Å². The van der Waals surface area contributed by atoms with Gasteiger partial charge in [-0.05, 0) is 43.6 Å². The molecule has 0 radical (unpaired) electrons. The smallest absolute Gasteiger partial charge is 0.271 e. The second-order valence-corrected chi connectivity index (χ2v) is 6.13. The normalized spacial score (nSPS) is 11.2. The van der Waals surface area contributed by atoms with Crippen LogP contribution in [0.25, 0.3) is 0 Å². The van der Waals surface area contributed by atoms with Crippen molar-refractivity contribution in [2.75, 3.05) is 18.8 Å². The quantitative estimate of drug-likeness (QED) is 0.412. The standard InChI is InChI=1S/C20H27N5O/c1-3-12-25(13-4-2)15-18-7-5-6-17(19(18)21)14-23-24-20(26)16-8-10-22-11-9-16/h5-11,14H,3-4,12-13,15,21H2,1-2H3,(H,24,26)/b23-14+. The van der Waals surface area contributed by atoms with Gasteiger partial charge in [-0.15, -0.1) is 0 Å². The van der Waals surface area contributed by atoms with Gasteiger partial charge in [0.15, 0.2) is 0 Å². The molecule has 3 N–H and O–H groups in total. The number of carbonyl (C=O) groups is 1. The lowest BCUT2D eigenvalue weighted by molar-refractivity contribution is 0.0955. The zero-order chi connectivity index (χ0) is 18.8. The topological polar surface area (TPSA) is 83.6 Å². The van der Waals surface area contributed by atoms with Crippen LogP contribution in [-0.4, -0.2) is 35.1 Å². The van der Waals surface area contributed by atoms with Gasteiger partial charge in [0.1, 0.15) is 0 Å². The number of aromatic nitrogens is 1. The fourth-order valence-corrected chi connectivity index (χ4v) is 2.75. The largest absolute Gasteiger partial charge is 0.398 e. The highest BCUT2D eigenvalue weighted by molar-refractivity contribution is 5.95. The zero-order valence-corrected chi connectivity index (χ0v) is 15.5. The summed E-state index contributed by atoms with van der Waals surface area (Å²) < 4.78 is 0. The number of hydrogen-bond donors (Lipinski definition) is 2. The van der Waals surface area contributed by atoms with E-state index in [1.165, 1.54) is 0 Å². The number of pyridine rings is 1. The van der Waals surface area contributed by atoms with Gasteiger partial charge in [-0.3, -0.25) is 14.7 Å². The highest BCUT2D eigenvalue weighted by Gasteiger charge is 2.09. The van der Waals surface area contributed by atoms with Gasteiger partial charge in [0.25, 0.3) is 5.91 Å². The number of nitrogens with one attached hydrogen (secondary N) is 1. The van der Waals surface area contributed by atoms with E-state index >= 15 is 0 Å². The molecule has 26 heavy (non-hydrogen) atoms. The third kappa shape index (κ3) is 5.67. The Hall–Kier alpha value is -2.73. The minimum absolute atomic E-state index is 0.282. The summed E-state index contributed by atoms with van der Waals surface area (Å²) in [4.78, 5) is 18.3. The Kier molecular flexibility index (Phi) is 7.76. The number of amides is 1. The molecule has 1 heterocycles. The van der Waals surface area contributed by atoms with Crippen molar-refractivity contribution >= 4 is 17.8 Å². The molecule has 0 saturated heterocycles. The van der Waals surface area contributed by atoms with Crippen molar-refractivity contribution in [1.82, 2.24) is 15.3 Å². The Morgan fingerprint density at radius 2 is 1.88 bits per heavy atom. The van der Waals surface area contributed by atoms with Gasteiger partial charge in [-0.25, -0.2) is 5.43 Å². The van der Waals surface area contributed by atoms with Crippen LogP contribution in [0.4, 0.5) is 5.69 Å². The first-order valence-electron chi connectivity index (χ1n) is 8.98. The number of nitrogen functional groups attached to an aromatic ring is 1. The summed E-state index contributed by atoms with van der Waals surface area (Å²) in [6.45, 7) is 7.28. The molecule has 0 spiro atoms. The van der Waals surface area contributed by atoms with Crippen LogP contribution < -0.4 is 11.2 Å². The Balaban J connectivity index is 2.04. The molecule has 2 rings (SSSR count). The number of rotatable bonds is 9. The lowest BCUT2D eigenvalue weighted by Gasteiger charge is -2.22. The first-order chi connectivity index (χ1) is 12.7. The van der Waals surface area contributed by atoms with Crippen LogP contribution >= 0.6 is 0 Å². The van der Waals surface area contributed by atoms with Crippen LogP contribution in [0.3, 0.4) is 0 Å². The minimum atomic E-state index is -0.282.